The zero-order chi connectivity index (χ0) is 13.0. The molecule has 1 atom stereocenters. The van der Waals surface area contributed by atoms with Crippen LogP contribution in [0, 0.1) is 5.82 Å². The highest BCUT2D eigenvalue weighted by Gasteiger charge is 2.22. The number of benzene rings is 1. The molecule has 2 N–H and O–H groups in total. The van der Waals surface area contributed by atoms with Gasteiger partial charge in [-0.15, -0.1) is 0 Å². The third-order valence-electron chi connectivity index (χ3n) is 3.33. The first-order chi connectivity index (χ1) is 8.76. The highest BCUT2D eigenvalue weighted by Crippen LogP contribution is 2.25. The van der Waals surface area contributed by atoms with Crippen molar-refractivity contribution < 1.29 is 14.2 Å². The Kier molecular flexibility index (Phi) is 4.52. The van der Waals surface area contributed by atoms with Crippen molar-refractivity contribution >= 4 is 0 Å². The number of piperazine rings is 1. The van der Waals surface area contributed by atoms with Gasteiger partial charge in [-0.1, -0.05) is 6.07 Å². The van der Waals surface area contributed by atoms with Crippen molar-refractivity contribution in [3.05, 3.63) is 29.6 Å². The molecular weight excluding hydrogens is 235 g/mol. The molecule has 0 aliphatic carbocycles. The summed E-state index contributed by atoms with van der Waals surface area (Å²) >= 11 is 0. The van der Waals surface area contributed by atoms with E-state index < -0.39 is 0 Å². The Balaban J connectivity index is 2.18. The molecular formula is C13H19FN2O2. The summed E-state index contributed by atoms with van der Waals surface area (Å²) in [6, 6.07) is 4.72. The smallest absolute Gasteiger partial charge is 0.165 e. The highest BCUT2D eigenvalue weighted by molar-refractivity contribution is 5.31. The first-order valence-corrected chi connectivity index (χ1v) is 6.15. The van der Waals surface area contributed by atoms with Gasteiger partial charge in [0.2, 0.25) is 0 Å². The number of hydrogen-bond acceptors (Lipinski definition) is 4. The Morgan fingerprint density at radius 3 is 2.72 bits per heavy atom. The molecule has 0 unspecified atom stereocenters. The molecule has 1 aliphatic rings. The minimum atomic E-state index is -0.386. The maximum Gasteiger partial charge on any atom is 0.165 e. The quantitative estimate of drug-likeness (QED) is 0.833. The molecule has 0 bridgehead atoms. The topological polar surface area (TPSA) is 44.7 Å². The number of methoxy groups -OCH3 is 1. The Morgan fingerprint density at radius 2 is 2.17 bits per heavy atom. The third-order valence-corrected chi connectivity index (χ3v) is 3.33. The lowest BCUT2D eigenvalue weighted by atomic mass is 10.0. The van der Waals surface area contributed by atoms with E-state index in [0.29, 0.717) is 0 Å². The van der Waals surface area contributed by atoms with Crippen molar-refractivity contribution in [2.75, 3.05) is 39.9 Å². The molecule has 1 heterocycles. The standard InChI is InChI=1S/C13H19FN2O2/c1-18-13-3-2-10(8-11(13)14)12(9-17)16-6-4-15-5-7-16/h2-3,8,12,15,17H,4-7,9H2,1H3/t12-/m1/s1. The van der Waals surface area contributed by atoms with Crippen molar-refractivity contribution in [2.24, 2.45) is 0 Å². The van der Waals surface area contributed by atoms with Crippen LogP contribution in [-0.4, -0.2) is 49.9 Å². The fourth-order valence-electron chi connectivity index (χ4n) is 2.32. The van der Waals surface area contributed by atoms with Crippen LogP contribution in [-0.2, 0) is 0 Å². The van der Waals surface area contributed by atoms with Gasteiger partial charge < -0.3 is 15.2 Å². The average Bonchev–Trinajstić information content (AvgIpc) is 2.41. The molecule has 0 amide bonds. The van der Waals surface area contributed by atoms with Gasteiger partial charge in [0.15, 0.2) is 11.6 Å². The molecule has 18 heavy (non-hydrogen) atoms. The van der Waals surface area contributed by atoms with Gasteiger partial charge in [-0.2, -0.15) is 0 Å². The van der Waals surface area contributed by atoms with Crippen LogP contribution in [0.1, 0.15) is 11.6 Å². The van der Waals surface area contributed by atoms with Gasteiger partial charge in [0, 0.05) is 26.2 Å². The van der Waals surface area contributed by atoms with E-state index in [9.17, 15) is 9.50 Å². The highest BCUT2D eigenvalue weighted by atomic mass is 19.1. The summed E-state index contributed by atoms with van der Waals surface area (Å²) in [4.78, 5) is 2.16. The monoisotopic (exact) mass is 254 g/mol. The number of hydrogen-bond donors (Lipinski definition) is 2. The molecule has 1 aromatic carbocycles. The molecule has 1 aliphatic heterocycles. The fourth-order valence-corrected chi connectivity index (χ4v) is 2.32. The van der Waals surface area contributed by atoms with Crippen LogP contribution in [0.4, 0.5) is 4.39 Å². The summed E-state index contributed by atoms with van der Waals surface area (Å²) in [7, 11) is 1.44. The first-order valence-electron chi connectivity index (χ1n) is 6.15. The SMILES string of the molecule is COc1ccc([C@@H](CO)N2CCNCC2)cc1F. The van der Waals surface area contributed by atoms with Crippen molar-refractivity contribution in [3.8, 4) is 5.75 Å². The predicted molar refractivity (Wildman–Crippen MR) is 67.2 cm³/mol. The van der Waals surface area contributed by atoms with Crippen LogP contribution in [0.5, 0.6) is 5.75 Å². The Labute approximate surface area is 106 Å². The number of aliphatic hydroxyl groups is 1. The summed E-state index contributed by atoms with van der Waals surface area (Å²) in [5, 5.41) is 12.8. The number of halogens is 1. The van der Waals surface area contributed by atoms with Crippen LogP contribution in [0.2, 0.25) is 0 Å². The lowest BCUT2D eigenvalue weighted by Gasteiger charge is -2.34. The number of rotatable bonds is 4. The van der Waals surface area contributed by atoms with Gasteiger partial charge in [-0.25, -0.2) is 4.39 Å². The van der Waals surface area contributed by atoms with E-state index in [2.05, 4.69) is 10.2 Å². The third kappa shape index (κ3) is 2.80. The maximum atomic E-state index is 13.7. The number of nitrogens with one attached hydrogen (secondary N) is 1. The van der Waals surface area contributed by atoms with Crippen LogP contribution >= 0.6 is 0 Å². The summed E-state index contributed by atoms with van der Waals surface area (Å²) in [5.74, 6) is -0.153. The van der Waals surface area contributed by atoms with Gasteiger partial charge in [-0.05, 0) is 17.7 Å². The molecule has 1 saturated heterocycles. The van der Waals surface area contributed by atoms with E-state index in [4.69, 9.17) is 4.74 Å². The van der Waals surface area contributed by atoms with E-state index in [1.54, 1.807) is 6.07 Å². The van der Waals surface area contributed by atoms with Gasteiger partial charge in [-0.3, -0.25) is 4.90 Å². The lowest BCUT2D eigenvalue weighted by Crippen LogP contribution is -2.46. The normalized spacial score (nSPS) is 18.6. The van der Waals surface area contributed by atoms with E-state index in [-0.39, 0.29) is 24.2 Å². The van der Waals surface area contributed by atoms with E-state index in [1.165, 1.54) is 13.2 Å². The van der Waals surface area contributed by atoms with Gasteiger partial charge in [0.05, 0.1) is 19.8 Å². The van der Waals surface area contributed by atoms with Gasteiger partial charge >= 0.3 is 0 Å². The number of aliphatic hydroxyl groups excluding tert-OH is 1. The Bertz CT molecular complexity index is 395. The van der Waals surface area contributed by atoms with E-state index in [1.807, 2.05) is 6.07 Å². The summed E-state index contributed by atoms with van der Waals surface area (Å²) < 4.78 is 18.6. The van der Waals surface area contributed by atoms with Crippen LogP contribution in [0.15, 0.2) is 18.2 Å². The van der Waals surface area contributed by atoms with E-state index >= 15 is 0 Å². The molecule has 1 aromatic rings. The van der Waals surface area contributed by atoms with Crippen molar-refractivity contribution in [3.63, 3.8) is 0 Å². The van der Waals surface area contributed by atoms with Gasteiger partial charge in [0.25, 0.3) is 0 Å². The second kappa shape index (κ2) is 6.13. The molecule has 0 aromatic heterocycles. The molecule has 4 nitrogen and oxygen atoms in total. The molecule has 100 valence electrons. The zero-order valence-corrected chi connectivity index (χ0v) is 10.5. The minimum absolute atomic E-state index is 0.00817. The molecule has 2 rings (SSSR count). The summed E-state index contributed by atoms with van der Waals surface area (Å²) in [5.41, 5.74) is 0.790. The van der Waals surface area contributed by atoms with Crippen molar-refractivity contribution in [1.82, 2.24) is 10.2 Å². The molecule has 1 fully saturated rings. The first kappa shape index (κ1) is 13.3. The van der Waals surface area contributed by atoms with Crippen LogP contribution in [0.3, 0.4) is 0 Å². The van der Waals surface area contributed by atoms with Gasteiger partial charge in [0.1, 0.15) is 0 Å². The largest absolute Gasteiger partial charge is 0.494 e. The number of nitrogens with zero attached hydrogens (tertiary/aromatic N) is 1. The summed E-state index contributed by atoms with van der Waals surface area (Å²) in [6.07, 6.45) is 0. The molecule has 0 saturated carbocycles. The lowest BCUT2D eigenvalue weighted by molar-refractivity contribution is 0.110. The second-order valence-electron chi connectivity index (χ2n) is 4.38. The fraction of sp³-hybridized carbons (Fsp3) is 0.538. The van der Waals surface area contributed by atoms with E-state index in [0.717, 1.165) is 31.7 Å². The van der Waals surface area contributed by atoms with Crippen LogP contribution < -0.4 is 10.1 Å². The Hall–Kier alpha value is -1.17. The summed E-state index contributed by atoms with van der Waals surface area (Å²) in [6.45, 7) is 3.51. The molecule has 0 spiro atoms. The minimum Gasteiger partial charge on any atom is -0.494 e. The van der Waals surface area contributed by atoms with Crippen molar-refractivity contribution in [1.29, 1.82) is 0 Å². The maximum absolute atomic E-state index is 13.7. The average molecular weight is 254 g/mol. The predicted octanol–water partition coefficient (Wildman–Crippen LogP) is 0.773. The number of ether oxygens (including phenoxy) is 1. The van der Waals surface area contributed by atoms with Crippen molar-refractivity contribution in [2.45, 2.75) is 6.04 Å². The zero-order valence-electron chi connectivity index (χ0n) is 10.5. The second-order valence-corrected chi connectivity index (χ2v) is 4.38. The van der Waals surface area contributed by atoms with Crippen LogP contribution in [0.25, 0.3) is 0 Å². The molecule has 5 heteroatoms. The Morgan fingerprint density at radius 1 is 1.44 bits per heavy atom. The molecule has 0 radical (unpaired) electrons.